The summed E-state index contributed by atoms with van der Waals surface area (Å²) >= 11 is 0. The first-order valence-corrected chi connectivity index (χ1v) is 9.50. The molecule has 4 rings (SSSR count). The summed E-state index contributed by atoms with van der Waals surface area (Å²) in [4.78, 5) is 12.1. The predicted molar refractivity (Wildman–Crippen MR) is 90.5 cm³/mol. The van der Waals surface area contributed by atoms with E-state index in [0.717, 1.165) is 24.7 Å². The summed E-state index contributed by atoms with van der Waals surface area (Å²) in [6.07, 6.45) is 15.8. The molecule has 0 bridgehead atoms. The van der Waals surface area contributed by atoms with E-state index < -0.39 is 0 Å². The van der Waals surface area contributed by atoms with Gasteiger partial charge in [0, 0.05) is 18.8 Å². The molecule has 0 saturated heterocycles. The molecule has 22 heavy (non-hydrogen) atoms. The Hall–Kier alpha value is -0.850. The van der Waals surface area contributed by atoms with E-state index in [2.05, 4.69) is 26.0 Å². The standard InChI is InChI=1S/C21H30O/c1-3-5-14-12-16(22)13-15-7-8-17-18(20(14)15)9-11-21(2)10-4-6-19(17)21/h3,5,14-15,17,19H,4,6-13H2,1-2H3/t14?,15?,17-,19+,21+/m1/s1. The maximum absolute atomic E-state index is 12.1. The molecule has 4 aliphatic rings. The molecule has 4 aliphatic carbocycles. The van der Waals surface area contributed by atoms with E-state index in [9.17, 15) is 4.79 Å². The molecule has 0 radical (unpaired) electrons. The number of rotatable bonds is 1. The SMILES string of the molecule is CC=CC1CC(=O)CC2CC[C@@H]3C(=C12)CC[C@]1(C)CCC[C@@H]31. The first-order valence-electron chi connectivity index (χ1n) is 9.50. The van der Waals surface area contributed by atoms with E-state index in [1.54, 1.807) is 5.57 Å². The van der Waals surface area contributed by atoms with Gasteiger partial charge in [-0.1, -0.05) is 36.6 Å². The van der Waals surface area contributed by atoms with Gasteiger partial charge in [-0.3, -0.25) is 4.79 Å². The zero-order chi connectivity index (χ0) is 15.3. The Morgan fingerprint density at radius 1 is 1.14 bits per heavy atom. The third-order valence-corrected chi connectivity index (χ3v) is 7.44. The van der Waals surface area contributed by atoms with Crippen LogP contribution in [0.2, 0.25) is 0 Å². The Morgan fingerprint density at radius 3 is 2.82 bits per heavy atom. The molecule has 0 aliphatic heterocycles. The maximum Gasteiger partial charge on any atom is 0.134 e. The number of Topliss-reactive ketones (excluding diaryl/α,β-unsaturated/α-hetero) is 1. The largest absolute Gasteiger partial charge is 0.300 e. The van der Waals surface area contributed by atoms with Crippen molar-refractivity contribution in [1.82, 2.24) is 0 Å². The number of hydrogen-bond donors (Lipinski definition) is 0. The molecule has 5 atom stereocenters. The third-order valence-electron chi connectivity index (χ3n) is 7.44. The molecule has 120 valence electrons. The van der Waals surface area contributed by atoms with Crippen molar-refractivity contribution < 1.29 is 4.79 Å². The van der Waals surface area contributed by atoms with Crippen molar-refractivity contribution in [2.45, 2.75) is 71.6 Å². The van der Waals surface area contributed by atoms with Gasteiger partial charge < -0.3 is 0 Å². The van der Waals surface area contributed by atoms with Crippen LogP contribution in [0.25, 0.3) is 0 Å². The molecule has 0 amide bonds. The second kappa shape index (κ2) is 5.35. The van der Waals surface area contributed by atoms with Gasteiger partial charge in [-0.05, 0) is 68.6 Å². The quantitative estimate of drug-likeness (QED) is 0.587. The van der Waals surface area contributed by atoms with E-state index in [-0.39, 0.29) is 0 Å². The van der Waals surface area contributed by atoms with Crippen molar-refractivity contribution in [3.05, 3.63) is 23.3 Å². The number of carbonyl (C=O) groups is 1. The van der Waals surface area contributed by atoms with Crippen LogP contribution in [0.4, 0.5) is 0 Å². The van der Waals surface area contributed by atoms with Crippen LogP contribution in [0, 0.1) is 29.1 Å². The number of carbonyl (C=O) groups excluding carboxylic acids is 1. The molecule has 0 aromatic heterocycles. The fraction of sp³-hybridized carbons (Fsp3) is 0.762. The zero-order valence-electron chi connectivity index (χ0n) is 14.2. The van der Waals surface area contributed by atoms with Gasteiger partial charge in [0.25, 0.3) is 0 Å². The summed E-state index contributed by atoms with van der Waals surface area (Å²) in [7, 11) is 0. The second-order valence-electron chi connectivity index (χ2n) is 8.59. The third kappa shape index (κ3) is 2.15. The number of ketones is 1. The summed E-state index contributed by atoms with van der Waals surface area (Å²) in [5.74, 6) is 3.30. The normalized spacial score (nSPS) is 44.9. The fourth-order valence-corrected chi connectivity index (χ4v) is 6.51. The van der Waals surface area contributed by atoms with Crippen molar-refractivity contribution in [2.75, 3.05) is 0 Å². The first kappa shape index (κ1) is 14.7. The van der Waals surface area contributed by atoms with Crippen LogP contribution >= 0.6 is 0 Å². The first-order chi connectivity index (χ1) is 10.6. The van der Waals surface area contributed by atoms with E-state index in [0.29, 0.717) is 23.0 Å². The molecular formula is C21H30O. The average molecular weight is 298 g/mol. The lowest BCUT2D eigenvalue weighted by atomic mass is 9.55. The lowest BCUT2D eigenvalue weighted by Crippen LogP contribution is -2.40. The highest BCUT2D eigenvalue weighted by Crippen LogP contribution is 2.60. The number of hydrogen-bond acceptors (Lipinski definition) is 1. The molecule has 0 N–H and O–H groups in total. The molecule has 0 aromatic rings. The van der Waals surface area contributed by atoms with Gasteiger partial charge in [-0.2, -0.15) is 0 Å². The fourth-order valence-electron chi connectivity index (χ4n) is 6.51. The zero-order valence-corrected chi connectivity index (χ0v) is 14.2. The Labute approximate surface area is 135 Å². The minimum Gasteiger partial charge on any atom is -0.300 e. The topological polar surface area (TPSA) is 17.1 Å². The van der Waals surface area contributed by atoms with Crippen LogP contribution in [-0.4, -0.2) is 5.78 Å². The summed E-state index contributed by atoms with van der Waals surface area (Å²) < 4.78 is 0. The van der Waals surface area contributed by atoms with E-state index in [4.69, 9.17) is 0 Å². The molecule has 2 unspecified atom stereocenters. The second-order valence-corrected chi connectivity index (χ2v) is 8.59. The van der Waals surface area contributed by atoms with Crippen molar-refractivity contribution in [3.8, 4) is 0 Å². The smallest absolute Gasteiger partial charge is 0.134 e. The highest BCUT2D eigenvalue weighted by atomic mass is 16.1. The summed E-state index contributed by atoms with van der Waals surface area (Å²) in [5, 5.41) is 0. The number of allylic oxidation sites excluding steroid dienone is 4. The highest BCUT2D eigenvalue weighted by Gasteiger charge is 2.50. The monoisotopic (exact) mass is 298 g/mol. The average Bonchev–Trinajstić information content (AvgIpc) is 2.88. The summed E-state index contributed by atoms with van der Waals surface area (Å²) in [6, 6.07) is 0. The Balaban J connectivity index is 1.74. The minimum absolute atomic E-state index is 0.430. The van der Waals surface area contributed by atoms with Crippen LogP contribution < -0.4 is 0 Å². The lowest BCUT2D eigenvalue weighted by Gasteiger charge is -2.49. The van der Waals surface area contributed by atoms with Crippen LogP contribution in [0.3, 0.4) is 0 Å². The van der Waals surface area contributed by atoms with Crippen molar-refractivity contribution >= 4 is 5.78 Å². The molecule has 0 aromatic carbocycles. The minimum atomic E-state index is 0.430. The van der Waals surface area contributed by atoms with Crippen LogP contribution in [-0.2, 0) is 4.79 Å². The molecular weight excluding hydrogens is 268 g/mol. The summed E-state index contributed by atoms with van der Waals surface area (Å²) in [5.41, 5.74) is 4.17. The molecule has 1 heteroatoms. The Morgan fingerprint density at radius 2 is 2.00 bits per heavy atom. The van der Waals surface area contributed by atoms with Crippen LogP contribution in [0.15, 0.2) is 23.3 Å². The van der Waals surface area contributed by atoms with Crippen molar-refractivity contribution in [1.29, 1.82) is 0 Å². The van der Waals surface area contributed by atoms with Gasteiger partial charge >= 0.3 is 0 Å². The van der Waals surface area contributed by atoms with E-state index >= 15 is 0 Å². The van der Waals surface area contributed by atoms with Gasteiger partial charge in [-0.15, -0.1) is 0 Å². The predicted octanol–water partition coefficient (Wildman–Crippen LogP) is 5.46. The van der Waals surface area contributed by atoms with E-state index in [1.807, 2.05) is 5.57 Å². The van der Waals surface area contributed by atoms with Crippen molar-refractivity contribution in [2.24, 2.45) is 29.1 Å². The lowest BCUT2D eigenvalue weighted by molar-refractivity contribution is -0.121. The Kier molecular flexibility index (Phi) is 3.58. The van der Waals surface area contributed by atoms with Gasteiger partial charge in [0.05, 0.1) is 0 Å². The molecule has 0 spiro atoms. The molecule has 1 nitrogen and oxygen atoms in total. The van der Waals surface area contributed by atoms with Gasteiger partial charge in [0.2, 0.25) is 0 Å². The van der Waals surface area contributed by atoms with Crippen LogP contribution in [0.5, 0.6) is 0 Å². The van der Waals surface area contributed by atoms with E-state index in [1.165, 1.54) is 44.9 Å². The van der Waals surface area contributed by atoms with Crippen molar-refractivity contribution in [3.63, 3.8) is 0 Å². The molecule has 0 heterocycles. The maximum atomic E-state index is 12.1. The number of fused-ring (bicyclic) bond motifs is 4. The summed E-state index contributed by atoms with van der Waals surface area (Å²) in [6.45, 7) is 4.67. The molecule has 3 saturated carbocycles. The van der Waals surface area contributed by atoms with Gasteiger partial charge in [0.15, 0.2) is 0 Å². The highest BCUT2D eigenvalue weighted by molar-refractivity contribution is 5.81. The van der Waals surface area contributed by atoms with Crippen LogP contribution in [0.1, 0.15) is 71.6 Å². The van der Waals surface area contributed by atoms with Gasteiger partial charge in [-0.25, -0.2) is 0 Å². The van der Waals surface area contributed by atoms with Gasteiger partial charge in [0.1, 0.15) is 5.78 Å². The Bertz CT molecular complexity index is 540. The molecule has 3 fully saturated rings.